The van der Waals surface area contributed by atoms with Gasteiger partial charge in [0.1, 0.15) is 6.04 Å². The van der Waals surface area contributed by atoms with E-state index in [0.29, 0.717) is 23.8 Å². The maximum absolute atomic E-state index is 13.8. The summed E-state index contributed by atoms with van der Waals surface area (Å²) in [5.74, 6) is 1.04. The largest absolute Gasteiger partial charge is 0.350 e. The summed E-state index contributed by atoms with van der Waals surface area (Å²) in [6.07, 6.45) is 3.85. The van der Waals surface area contributed by atoms with E-state index in [-0.39, 0.29) is 16.7 Å². The van der Waals surface area contributed by atoms with Crippen LogP contribution in [0.25, 0.3) is 0 Å². The summed E-state index contributed by atoms with van der Waals surface area (Å²) in [5, 5.41) is 3.09. The molecule has 1 saturated heterocycles. The molecule has 1 aliphatic carbocycles. The van der Waals surface area contributed by atoms with Gasteiger partial charge in [-0.15, -0.1) is 11.8 Å². The molecule has 1 atom stereocenters. The van der Waals surface area contributed by atoms with Crippen molar-refractivity contribution in [3.8, 4) is 0 Å². The van der Waals surface area contributed by atoms with Gasteiger partial charge < -0.3 is 10.2 Å². The molecule has 1 spiro atoms. The monoisotopic (exact) mass is 470 g/mol. The van der Waals surface area contributed by atoms with Crippen LogP contribution in [0.3, 0.4) is 0 Å². The van der Waals surface area contributed by atoms with Crippen molar-refractivity contribution >= 4 is 23.6 Å². The smallest absolute Gasteiger partial charge is 0.255 e. The Morgan fingerprint density at radius 2 is 1.44 bits per heavy atom. The van der Waals surface area contributed by atoms with Crippen LogP contribution < -0.4 is 5.32 Å². The van der Waals surface area contributed by atoms with E-state index in [9.17, 15) is 9.59 Å². The first-order valence-electron chi connectivity index (χ1n) is 12.1. The molecular formula is C29H30N2O2S. The second kappa shape index (κ2) is 10.1. The molecule has 174 valence electrons. The Kier molecular flexibility index (Phi) is 6.73. The third-order valence-electron chi connectivity index (χ3n) is 7.15. The second-order valence-electron chi connectivity index (χ2n) is 9.20. The number of amides is 2. The molecule has 0 aromatic heterocycles. The van der Waals surface area contributed by atoms with Crippen molar-refractivity contribution in [2.45, 2.75) is 49.1 Å². The molecule has 34 heavy (non-hydrogen) atoms. The highest BCUT2D eigenvalue weighted by molar-refractivity contribution is 8.01. The molecule has 0 radical (unpaired) electrons. The minimum absolute atomic E-state index is 0.0383. The van der Waals surface area contributed by atoms with Gasteiger partial charge in [0.15, 0.2) is 0 Å². The second-order valence-corrected chi connectivity index (χ2v) is 10.6. The van der Waals surface area contributed by atoms with Gasteiger partial charge in [-0.3, -0.25) is 9.59 Å². The van der Waals surface area contributed by atoms with E-state index in [4.69, 9.17) is 0 Å². The molecule has 2 aliphatic rings. The molecule has 2 fully saturated rings. The standard InChI is InChI=1S/C29H30N2O2S/c32-27(30-20-22-10-4-1-5-11-22)26-21-34-29(31(26)28(33)25-14-8-3-9-15-25)18-16-24(17-19-29)23-12-6-2-7-13-23/h1-15,24,26H,16-21H2,(H,30,32)/t24?,26-,29?/m0/s1. The van der Waals surface area contributed by atoms with Crippen LogP contribution in [0.2, 0.25) is 0 Å². The number of carbonyl (C=O) groups is 2. The number of rotatable bonds is 5. The maximum Gasteiger partial charge on any atom is 0.255 e. The highest BCUT2D eigenvalue weighted by Crippen LogP contribution is 2.52. The fraction of sp³-hybridized carbons (Fsp3) is 0.310. The zero-order valence-electron chi connectivity index (χ0n) is 19.2. The van der Waals surface area contributed by atoms with Crippen LogP contribution in [0, 0.1) is 0 Å². The molecule has 3 aromatic carbocycles. The lowest BCUT2D eigenvalue weighted by Gasteiger charge is -2.44. The Hall–Kier alpha value is -3.05. The van der Waals surface area contributed by atoms with Gasteiger partial charge in [0, 0.05) is 17.9 Å². The van der Waals surface area contributed by atoms with Crippen LogP contribution in [0.15, 0.2) is 91.0 Å². The number of benzene rings is 3. The first-order chi connectivity index (χ1) is 16.7. The number of hydrogen-bond donors (Lipinski definition) is 1. The Bertz CT molecular complexity index is 1110. The average molecular weight is 471 g/mol. The van der Waals surface area contributed by atoms with Crippen molar-refractivity contribution in [1.29, 1.82) is 0 Å². The van der Waals surface area contributed by atoms with E-state index in [2.05, 4.69) is 35.6 Å². The van der Waals surface area contributed by atoms with E-state index >= 15 is 0 Å². The van der Waals surface area contributed by atoms with Crippen LogP contribution in [0.5, 0.6) is 0 Å². The molecule has 1 aliphatic heterocycles. The third kappa shape index (κ3) is 4.62. The SMILES string of the molecule is O=C(NCc1ccccc1)[C@@H]1CSC2(CCC(c3ccccc3)CC2)N1C(=O)c1ccccc1. The van der Waals surface area contributed by atoms with Crippen LogP contribution in [-0.4, -0.2) is 33.4 Å². The predicted octanol–water partition coefficient (Wildman–Crippen LogP) is 5.61. The van der Waals surface area contributed by atoms with Crippen molar-refractivity contribution in [2.24, 2.45) is 0 Å². The lowest BCUT2D eigenvalue weighted by atomic mass is 9.80. The average Bonchev–Trinajstić information content (AvgIpc) is 3.27. The third-order valence-corrected chi connectivity index (χ3v) is 8.77. The summed E-state index contributed by atoms with van der Waals surface area (Å²) >= 11 is 1.80. The van der Waals surface area contributed by atoms with E-state index in [1.54, 1.807) is 11.8 Å². The summed E-state index contributed by atoms with van der Waals surface area (Å²) in [7, 11) is 0. The van der Waals surface area contributed by atoms with Crippen molar-refractivity contribution < 1.29 is 9.59 Å². The number of nitrogens with zero attached hydrogens (tertiary/aromatic N) is 1. The van der Waals surface area contributed by atoms with E-state index in [1.165, 1.54) is 5.56 Å². The minimum atomic E-state index is -0.463. The van der Waals surface area contributed by atoms with Crippen molar-refractivity contribution in [3.05, 3.63) is 108 Å². The summed E-state index contributed by atoms with van der Waals surface area (Å²) in [6, 6.07) is 29.5. The number of hydrogen-bond acceptors (Lipinski definition) is 3. The van der Waals surface area contributed by atoms with E-state index in [0.717, 1.165) is 31.2 Å². The summed E-state index contributed by atoms with van der Waals surface area (Å²) in [6.45, 7) is 0.470. The lowest BCUT2D eigenvalue weighted by Crippen LogP contribution is -2.55. The normalized spacial score (nSPS) is 24.2. The van der Waals surface area contributed by atoms with Gasteiger partial charge in [0.2, 0.25) is 5.91 Å². The number of carbonyl (C=O) groups excluding carboxylic acids is 2. The predicted molar refractivity (Wildman–Crippen MR) is 138 cm³/mol. The van der Waals surface area contributed by atoms with Crippen molar-refractivity contribution in [2.75, 3.05) is 5.75 Å². The molecule has 1 N–H and O–H groups in total. The van der Waals surface area contributed by atoms with Crippen molar-refractivity contribution in [3.63, 3.8) is 0 Å². The van der Waals surface area contributed by atoms with Gasteiger partial charge in [0.25, 0.3) is 5.91 Å². The van der Waals surface area contributed by atoms with Gasteiger partial charge >= 0.3 is 0 Å². The highest BCUT2D eigenvalue weighted by atomic mass is 32.2. The molecule has 5 heteroatoms. The minimum Gasteiger partial charge on any atom is -0.350 e. The van der Waals surface area contributed by atoms with Crippen LogP contribution in [0.1, 0.15) is 53.1 Å². The fourth-order valence-electron chi connectivity index (χ4n) is 5.32. The molecular weight excluding hydrogens is 440 g/mol. The summed E-state index contributed by atoms with van der Waals surface area (Å²) in [4.78, 5) is 28.8. The number of nitrogens with one attached hydrogen (secondary N) is 1. The Morgan fingerprint density at radius 1 is 0.853 bits per heavy atom. The zero-order chi connectivity index (χ0) is 23.4. The van der Waals surface area contributed by atoms with Gasteiger partial charge in [-0.1, -0.05) is 78.9 Å². The van der Waals surface area contributed by atoms with Crippen molar-refractivity contribution in [1.82, 2.24) is 10.2 Å². The summed E-state index contributed by atoms with van der Waals surface area (Å²) in [5.41, 5.74) is 3.08. The first kappa shape index (κ1) is 22.7. The quantitative estimate of drug-likeness (QED) is 0.527. The molecule has 3 aromatic rings. The van der Waals surface area contributed by atoms with Crippen LogP contribution in [-0.2, 0) is 11.3 Å². The van der Waals surface area contributed by atoms with Gasteiger partial charge in [-0.2, -0.15) is 0 Å². The molecule has 0 unspecified atom stereocenters. The van der Waals surface area contributed by atoms with Crippen LogP contribution in [0.4, 0.5) is 0 Å². The summed E-state index contributed by atoms with van der Waals surface area (Å²) < 4.78 is 0. The molecule has 5 rings (SSSR count). The molecule has 0 bridgehead atoms. The molecule has 2 amide bonds. The van der Waals surface area contributed by atoms with E-state index in [1.807, 2.05) is 65.6 Å². The molecule has 1 heterocycles. The Morgan fingerprint density at radius 3 is 2.09 bits per heavy atom. The topological polar surface area (TPSA) is 49.4 Å². The first-order valence-corrected chi connectivity index (χ1v) is 13.0. The highest BCUT2D eigenvalue weighted by Gasteiger charge is 2.53. The van der Waals surface area contributed by atoms with Gasteiger partial charge in [-0.25, -0.2) is 0 Å². The number of thioether (sulfide) groups is 1. The zero-order valence-corrected chi connectivity index (χ0v) is 20.0. The van der Waals surface area contributed by atoms with Gasteiger partial charge in [-0.05, 0) is 54.9 Å². The lowest BCUT2D eigenvalue weighted by molar-refractivity contribution is -0.125. The Balaban J connectivity index is 1.37. The fourth-order valence-corrected chi connectivity index (χ4v) is 6.96. The van der Waals surface area contributed by atoms with E-state index < -0.39 is 6.04 Å². The molecule has 1 saturated carbocycles. The van der Waals surface area contributed by atoms with Crippen LogP contribution >= 0.6 is 11.8 Å². The Labute approximate surface area is 205 Å². The van der Waals surface area contributed by atoms with Gasteiger partial charge in [0.05, 0.1) is 4.87 Å². The maximum atomic E-state index is 13.8. The molecule has 4 nitrogen and oxygen atoms in total.